The lowest BCUT2D eigenvalue weighted by Crippen LogP contribution is -2.46. The van der Waals surface area contributed by atoms with Gasteiger partial charge in [-0.2, -0.15) is 0 Å². The molecule has 0 spiro atoms. The van der Waals surface area contributed by atoms with Crippen LogP contribution in [0.5, 0.6) is 0 Å². The van der Waals surface area contributed by atoms with Crippen LogP contribution in [0.1, 0.15) is 32.1 Å². The van der Waals surface area contributed by atoms with E-state index < -0.39 is 5.82 Å². The van der Waals surface area contributed by atoms with Gasteiger partial charge in [0.05, 0.1) is 17.9 Å². The number of nitrogens with one attached hydrogen (secondary N) is 1. The fourth-order valence-electron chi connectivity index (χ4n) is 3.76. The standard InChI is InChI=1S/C16H22FN3O/c17-12-6-7-13(18)14(9-12)19-16(21)10-20-8-2-4-11-3-1-5-15(11)20/h6-7,9,11,15H,1-5,8,10,18H2,(H,19,21). The summed E-state index contributed by atoms with van der Waals surface area (Å²) in [6.45, 7) is 1.35. The first kappa shape index (κ1) is 14.3. The molecule has 3 rings (SSSR count). The predicted octanol–water partition coefficient (Wildman–Crippen LogP) is 2.61. The van der Waals surface area contributed by atoms with E-state index in [0.717, 1.165) is 18.9 Å². The minimum Gasteiger partial charge on any atom is -0.397 e. The molecular formula is C16H22FN3O. The van der Waals surface area contributed by atoms with Crippen molar-refractivity contribution in [2.24, 2.45) is 5.92 Å². The molecule has 1 aromatic carbocycles. The van der Waals surface area contributed by atoms with Crippen LogP contribution < -0.4 is 11.1 Å². The van der Waals surface area contributed by atoms with Gasteiger partial charge in [0.25, 0.3) is 0 Å². The van der Waals surface area contributed by atoms with Gasteiger partial charge in [0.2, 0.25) is 5.91 Å². The minimum absolute atomic E-state index is 0.111. The molecule has 21 heavy (non-hydrogen) atoms. The molecule has 2 aliphatic rings. The number of nitrogen functional groups attached to an aromatic ring is 1. The summed E-state index contributed by atoms with van der Waals surface area (Å²) in [7, 11) is 0. The summed E-state index contributed by atoms with van der Waals surface area (Å²) < 4.78 is 13.2. The highest BCUT2D eigenvalue weighted by molar-refractivity contribution is 5.95. The Morgan fingerprint density at radius 2 is 2.14 bits per heavy atom. The summed E-state index contributed by atoms with van der Waals surface area (Å²) in [5.41, 5.74) is 6.51. The zero-order chi connectivity index (χ0) is 14.8. The molecular weight excluding hydrogens is 269 g/mol. The number of fused-ring (bicyclic) bond motifs is 1. The van der Waals surface area contributed by atoms with Crippen molar-refractivity contribution in [2.75, 3.05) is 24.1 Å². The molecule has 1 saturated carbocycles. The molecule has 1 aliphatic heterocycles. The molecule has 0 aromatic heterocycles. The quantitative estimate of drug-likeness (QED) is 0.842. The lowest BCUT2D eigenvalue weighted by molar-refractivity contribution is -0.118. The molecule has 2 fully saturated rings. The minimum atomic E-state index is -0.395. The fraction of sp³-hybridized carbons (Fsp3) is 0.562. The van der Waals surface area contributed by atoms with Gasteiger partial charge in [0.1, 0.15) is 5.82 Å². The Balaban J connectivity index is 1.62. The summed E-state index contributed by atoms with van der Waals surface area (Å²) in [4.78, 5) is 14.5. The Labute approximate surface area is 124 Å². The van der Waals surface area contributed by atoms with Crippen LogP contribution in [0.15, 0.2) is 18.2 Å². The van der Waals surface area contributed by atoms with Crippen molar-refractivity contribution >= 4 is 17.3 Å². The number of carbonyl (C=O) groups is 1. The number of amides is 1. The lowest BCUT2D eigenvalue weighted by atomic mass is 9.92. The van der Waals surface area contributed by atoms with Crippen molar-refractivity contribution in [3.8, 4) is 0 Å². The van der Waals surface area contributed by atoms with E-state index in [2.05, 4.69) is 10.2 Å². The van der Waals surface area contributed by atoms with Crippen molar-refractivity contribution in [2.45, 2.75) is 38.1 Å². The maximum atomic E-state index is 13.2. The van der Waals surface area contributed by atoms with Crippen LogP contribution in [0.2, 0.25) is 0 Å². The molecule has 1 amide bonds. The number of likely N-dealkylation sites (tertiary alicyclic amines) is 1. The Morgan fingerprint density at radius 3 is 3.00 bits per heavy atom. The number of piperidine rings is 1. The van der Waals surface area contributed by atoms with Crippen molar-refractivity contribution in [1.29, 1.82) is 0 Å². The average Bonchev–Trinajstić information content (AvgIpc) is 2.92. The summed E-state index contributed by atoms with van der Waals surface area (Å²) >= 11 is 0. The summed E-state index contributed by atoms with van der Waals surface area (Å²) in [6, 6.07) is 4.58. The molecule has 1 aliphatic carbocycles. The summed E-state index contributed by atoms with van der Waals surface area (Å²) in [5.74, 6) is 0.249. The predicted molar refractivity (Wildman–Crippen MR) is 81.4 cm³/mol. The Bertz CT molecular complexity index is 534. The summed E-state index contributed by atoms with van der Waals surface area (Å²) in [5, 5.41) is 2.73. The first-order chi connectivity index (χ1) is 10.1. The molecule has 4 nitrogen and oxygen atoms in total. The summed E-state index contributed by atoms with van der Waals surface area (Å²) in [6.07, 6.45) is 6.21. The van der Waals surface area contributed by atoms with Crippen LogP contribution in [-0.2, 0) is 4.79 Å². The van der Waals surface area contributed by atoms with Gasteiger partial charge in [-0.3, -0.25) is 9.69 Å². The first-order valence-electron chi connectivity index (χ1n) is 7.72. The molecule has 5 heteroatoms. The van der Waals surface area contributed by atoms with Crippen LogP contribution in [0, 0.1) is 11.7 Å². The molecule has 2 atom stereocenters. The third kappa shape index (κ3) is 3.18. The molecule has 0 radical (unpaired) electrons. The Hall–Kier alpha value is -1.62. The smallest absolute Gasteiger partial charge is 0.238 e. The van der Waals surface area contributed by atoms with Gasteiger partial charge >= 0.3 is 0 Å². The second-order valence-corrected chi connectivity index (χ2v) is 6.15. The van der Waals surface area contributed by atoms with E-state index in [1.165, 1.54) is 43.9 Å². The third-order valence-electron chi connectivity index (χ3n) is 4.74. The highest BCUT2D eigenvalue weighted by Gasteiger charge is 2.35. The number of nitrogens with zero attached hydrogens (tertiary/aromatic N) is 1. The van der Waals surface area contributed by atoms with Gasteiger partial charge in [-0.05, 0) is 56.3 Å². The number of hydrogen-bond donors (Lipinski definition) is 2. The number of nitrogens with two attached hydrogens (primary N) is 1. The number of benzene rings is 1. The molecule has 0 bridgehead atoms. The van der Waals surface area contributed by atoms with Gasteiger partial charge < -0.3 is 11.1 Å². The highest BCUT2D eigenvalue weighted by Crippen LogP contribution is 2.36. The van der Waals surface area contributed by atoms with Crippen LogP contribution in [0.3, 0.4) is 0 Å². The SMILES string of the molecule is Nc1ccc(F)cc1NC(=O)CN1CCCC2CCCC21. The number of anilines is 2. The monoisotopic (exact) mass is 291 g/mol. The zero-order valence-electron chi connectivity index (χ0n) is 12.1. The van der Waals surface area contributed by atoms with Gasteiger partial charge in [0.15, 0.2) is 0 Å². The van der Waals surface area contributed by atoms with Crippen LogP contribution in [0.25, 0.3) is 0 Å². The Morgan fingerprint density at radius 1 is 1.33 bits per heavy atom. The van der Waals surface area contributed by atoms with E-state index in [0.29, 0.717) is 24.0 Å². The number of rotatable bonds is 3. The molecule has 1 saturated heterocycles. The van der Waals surface area contributed by atoms with Gasteiger partial charge in [-0.25, -0.2) is 4.39 Å². The van der Waals surface area contributed by atoms with Gasteiger partial charge in [-0.1, -0.05) is 6.42 Å². The molecule has 114 valence electrons. The molecule has 1 aromatic rings. The van der Waals surface area contributed by atoms with E-state index in [1.807, 2.05) is 0 Å². The van der Waals surface area contributed by atoms with E-state index in [-0.39, 0.29) is 5.91 Å². The second kappa shape index (κ2) is 6.02. The fourth-order valence-corrected chi connectivity index (χ4v) is 3.76. The first-order valence-corrected chi connectivity index (χ1v) is 7.72. The van der Waals surface area contributed by atoms with Crippen LogP contribution in [-0.4, -0.2) is 29.9 Å². The highest BCUT2D eigenvalue weighted by atomic mass is 19.1. The van der Waals surface area contributed by atoms with Crippen molar-refractivity contribution in [3.63, 3.8) is 0 Å². The maximum Gasteiger partial charge on any atom is 0.238 e. The zero-order valence-corrected chi connectivity index (χ0v) is 12.1. The van der Waals surface area contributed by atoms with Crippen LogP contribution in [0.4, 0.5) is 15.8 Å². The van der Waals surface area contributed by atoms with Crippen molar-refractivity contribution in [3.05, 3.63) is 24.0 Å². The number of halogens is 1. The number of hydrogen-bond acceptors (Lipinski definition) is 3. The second-order valence-electron chi connectivity index (χ2n) is 6.15. The molecule has 2 unspecified atom stereocenters. The van der Waals surface area contributed by atoms with E-state index in [9.17, 15) is 9.18 Å². The Kier molecular flexibility index (Phi) is 4.10. The van der Waals surface area contributed by atoms with E-state index in [1.54, 1.807) is 0 Å². The van der Waals surface area contributed by atoms with Crippen molar-refractivity contribution in [1.82, 2.24) is 4.90 Å². The van der Waals surface area contributed by atoms with Gasteiger partial charge in [-0.15, -0.1) is 0 Å². The van der Waals surface area contributed by atoms with Gasteiger partial charge in [0, 0.05) is 6.04 Å². The number of carbonyl (C=O) groups excluding carboxylic acids is 1. The molecule has 1 heterocycles. The third-order valence-corrected chi connectivity index (χ3v) is 4.74. The largest absolute Gasteiger partial charge is 0.397 e. The lowest BCUT2D eigenvalue weighted by Gasteiger charge is -2.37. The maximum absolute atomic E-state index is 13.2. The van der Waals surface area contributed by atoms with Crippen LogP contribution >= 0.6 is 0 Å². The molecule has 3 N–H and O–H groups in total. The van der Waals surface area contributed by atoms with Crippen molar-refractivity contribution < 1.29 is 9.18 Å². The average molecular weight is 291 g/mol. The topological polar surface area (TPSA) is 58.4 Å². The van der Waals surface area contributed by atoms with E-state index in [4.69, 9.17) is 5.73 Å². The normalized spacial score (nSPS) is 25.6. The van der Waals surface area contributed by atoms with E-state index >= 15 is 0 Å².